The summed E-state index contributed by atoms with van der Waals surface area (Å²) in [6, 6.07) is 12.9. The van der Waals surface area contributed by atoms with Crippen LogP contribution >= 0.6 is 11.6 Å². The number of hydrogen-bond acceptors (Lipinski definition) is 8. The number of amides is 1. The lowest BCUT2D eigenvalue weighted by atomic mass is 10.1. The van der Waals surface area contributed by atoms with Crippen LogP contribution in [0.25, 0.3) is 11.3 Å². The molecule has 0 aliphatic carbocycles. The second-order valence-electron chi connectivity index (χ2n) is 5.93. The highest BCUT2D eigenvalue weighted by Crippen LogP contribution is 2.31. The van der Waals surface area contributed by atoms with Gasteiger partial charge in [0.05, 0.1) is 21.6 Å². The third kappa shape index (κ3) is 5.42. The summed E-state index contributed by atoms with van der Waals surface area (Å²) in [5.41, 5.74) is 2.00. The van der Waals surface area contributed by atoms with Crippen molar-refractivity contribution in [3.8, 4) is 17.1 Å². The Morgan fingerprint density at radius 1 is 1.10 bits per heavy atom. The lowest BCUT2D eigenvalue weighted by molar-refractivity contribution is -0.385. The molecule has 31 heavy (non-hydrogen) atoms. The molecular weight excluding hydrogens is 432 g/mol. The third-order valence-corrected chi connectivity index (χ3v) is 4.09. The molecule has 1 aromatic heterocycles. The molecule has 0 radical (unpaired) electrons. The first-order valence-corrected chi connectivity index (χ1v) is 8.95. The van der Waals surface area contributed by atoms with E-state index in [0.717, 1.165) is 6.07 Å². The van der Waals surface area contributed by atoms with Gasteiger partial charge in [0.15, 0.2) is 12.4 Å². The second-order valence-corrected chi connectivity index (χ2v) is 6.36. The van der Waals surface area contributed by atoms with Crippen molar-refractivity contribution in [1.29, 1.82) is 0 Å². The number of nitrogens with one attached hydrogen (secondary N) is 1. The molecule has 0 spiro atoms. The van der Waals surface area contributed by atoms with E-state index in [4.69, 9.17) is 20.8 Å². The molecule has 0 aliphatic rings. The molecule has 1 amide bonds. The van der Waals surface area contributed by atoms with Crippen molar-refractivity contribution in [1.82, 2.24) is 5.43 Å². The largest absolute Gasteiger partial charge is 0.477 e. The normalized spacial score (nSPS) is 10.7. The van der Waals surface area contributed by atoms with Gasteiger partial charge in [0.1, 0.15) is 11.5 Å². The highest BCUT2D eigenvalue weighted by Gasteiger charge is 2.18. The van der Waals surface area contributed by atoms with Gasteiger partial charge in [-0.15, -0.1) is 0 Å². The molecule has 11 nitrogen and oxygen atoms in total. The minimum Gasteiger partial charge on any atom is -0.477 e. The minimum absolute atomic E-state index is 0.109. The predicted octanol–water partition coefficient (Wildman–Crippen LogP) is 3.95. The fourth-order valence-corrected chi connectivity index (χ4v) is 2.67. The number of furan rings is 1. The first kappa shape index (κ1) is 21.5. The Labute approximate surface area is 179 Å². The van der Waals surface area contributed by atoms with Gasteiger partial charge < -0.3 is 9.15 Å². The zero-order valence-electron chi connectivity index (χ0n) is 15.6. The number of carbonyl (C=O) groups excluding carboxylic acids is 1. The number of rotatable bonds is 8. The molecule has 0 atom stereocenters. The second kappa shape index (κ2) is 9.50. The maximum atomic E-state index is 11.8. The van der Waals surface area contributed by atoms with Crippen molar-refractivity contribution >= 4 is 35.1 Å². The predicted molar refractivity (Wildman–Crippen MR) is 110 cm³/mol. The Balaban J connectivity index is 1.59. The molecule has 0 aliphatic heterocycles. The van der Waals surface area contributed by atoms with Gasteiger partial charge in [0.25, 0.3) is 11.6 Å². The summed E-state index contributed by atoms with van der Waals surface area (Å²) in [4.78, 5) is 32.8. The highest BCUT2D eigenvalue weighted by atomic mass is 35.5. The van der Waals surface area contributed by atoms with Gasteiger partial charge in [0.2, 0.25) is 0 Å². The Morgan fingerprint density at radius 2 is 1.84 bits per heavy atom. The SMILES string of the molecule is O=C(COc1ccc(Cl)cc1[N+](=O)[O-])N/N=C/c1ccc(-c2ccccc2[N+](=O)[O-])o1. The monoisotopic (exact) mass is 444 g/mol. The number of carbonyl (C=O) groups is 1. The first-order chi connectivity index (χ1) is 14.8. The number of nitro groups is 2. The van der Waals surface area contributed by atoms with Gasteiger partial charge >= 0.3 is 5.69 Å². The number of ether oxygens (including phenoxy) is 1. The third-order valence-electron chi connectivity index (χ3n) is 3.85. The zero-order valence-corrected chi connectivity index (χ0v) is 16.3. The Morgan fingerprint density at radius 3 is 2.58 bits per heavy atom. The number of hydrazone groups is 1. The van der Waals surface area contributed by atoms with Crippen LogP contribution < -0.4 is 10.2 Å². The average molecular weight is 445 g/mol. The van der Waals surface area contributed by atoms with E-state index in [1.807, 2.05) is 0 Å². The zero-order chi connectivity index (χ0) is 22.4. The van der Waals surface area contributed by atoms with Gasteiger partial charge in [-0.2, -0.15) is 5.10 Å². The summed E-state index contributed by atoms with van der Waals surface area (Å²) in [7, 11) is 0. The summed E-state index contributed by atoms with van der Waals surface area (Å²) >= 11 is 5.71. The van der Waals surface area contributed by atoms with Crippen LogP contribution in [0.1, 0.15) is 5.76 Å². The highest BCUT2D eigenvalue weighted by molar-refractivity contribution is 6.30. The molecule has 3 aromatic rings. The van der Waals surface area contributed by atoms with Crippen LogP contribution in [0.2, 0.25) is 5.02 Å². The summed E-state index contributed by atoms with van der Waals surface area (Å²) in [6.07, 6.45) is 1.20. The van der Waals surface area contributed by atoms with Crippen LogP contribution in [0, 0.1) is 20.2 Å². The molecule has 0 saturated heterocycles. The van der Waals surface area contributed by atoms with Crippen molar-refractivity contribution in [2.24, 2.45) is 5.10 Å². The number of halogens is 1. The van der Waals surface area contributed by atoms with E-state index in [0.29, 0.717) is 5.56 Å². The molecule has 0 fully saturated rings. The van der Waals surface area contributed by atoms with Crippen molar-refractivity contribution in [3.05, 3.63) is 85.6 Å². The van der Waals surface area contributed by atoms with E-state index in [1.54, 1.807) is 18.2 Å². The van der Waals surface area contributed by atoms with E-state index < -0.39 is 22.4 Å². The lowest BCUT2D eigenvalue weighted by Gasteiger charge is -2.05. The Kier molecular flexibility index (Phi) is 6.58. The van der Waals surface area contributed by atoms with Gasteiger partial charge in [-0.3, -0.25) is 25.0 Å². The van der Waals surface area contributed by atoms with Crippen molar-refractivity contribution in [3.63, 3.8) is 0 Å². The van der Waals surface area contributed by atoms with E-state index in [-0.39, 0.29) is 33.7 Å². The molecular formula is C19H13ClN4O7. The van der Waals surface area contributed by atoms with Crippen LogP contribution in [-0.2, 0) is 4.79 Å². The average Bonchev–Trinajstić information content (AvgIpc) is 3.21. The van der Waals surface area contributed by atoms with Crippen LogP contribution in [0.5, 0.6) is 5.75 Å². The topological polar surface area (TPSA) is 150 Å². The molecule has 0 unspecified atom stereocenters. The van der Waals surface area contributed by atoms with Crippen LogP contribution in [0.4, 0.5) is 11.4 Å². The van der Waals surface area contributed by atoms with E-state index in [2.05, 4.69) is 10.5 Å². The fourth-order valence-electron chi connectivity index (χ4n) is 2.51. The van der Waals surface area contributed by atoms with Crippen molar-refractivity contribution < 1.29 is 23.8 Å². The molecule has 0 saturated carbocycles. The smallest absolute Gasteiger partial charge is 0.312 e. The van der Waals surface area contributed by atoms with Crippen LogP contribution in [0.15, 0.2) is 64.1 Å². The molecule has 0 bridgehead atoms. The van der Waals surface area contributed by atoms with Gasteiger partial charge in [0, 0.05) is 17.2 Å². The molecule has 3 rings (SSSR count). The molecule has 1 heterocycles. The lowest BCUT2D eigenvalue weighted by Crippen LogP contribution is -2.24. The van der Waals surface area contributed by atoms with Crippen molar-refractivity contribution in [2.75, 3.05) is 6.61 Å². The maximum Gasteiger partial charge on any atom is 0.312 e. The quantitative estimate of drug-likeness (QED) is 0.314. The maximum absolute atomic E-state index is 11.8. The van der Waals surface area contributed by atoms with E-state index in [1.165, 1.54) is 36.5 Å². The summed E-state index contributed by atoms with van der Waals surface area (Å²) in [5, 5.41) is 26.0. The van der Waals surface area contributed by atoms with Gasteiger partial charge in [-0.25, -0.2) is 5.43 Å². The molecule has 1 N–H and O–H groups in total. The minimum atomic E-state index is -0.678. The summed E-state index contributed by atoms with van der Waals surface area (Å²) in [6.45, 7) is -0.528. The van der Waals surface area contributed by atoms with Gasteiger partial charge in [-0.05, 0) is 30.3 Å². The number of nitro benzene ring substituents is 2. The summed E-state index contributed by atoms with van der Waals surface area (Å²) < 4.78 is 10.6. The van der Waals surface area contributed by atoms with Crippen LogP contribution in [0.3, 0.4) is 0 Å². The Bertz CT molecular complexity index is 1180. The number of benzene rings is 2. The molecule has 158 valence electrons. The molecule has 12 heteroatoms. The number of para-hydroxylation sites is 1. The van der Waals surface area contributed by atoms with Crippen molar-refractivity contribution in [2.45, 2.75) is 0 Å². The fraction of sp³-hybridized carbons (Fsp3) is 0.0526. The molecule has 2 aromatic carbocycles. The standard InChI is InChI=1S/C19H13ClN4O7/c20-12-5-7-18(16(9-12)24(28)29)30-11-19(25)22-21-10-13-6-8-17(31-13)14-3-1-2-4-15(14)23(26)27/h1-10H,11H2,(H,22,25)/b21-10+. The van der Waals surface area contributed by atoms with Gasteiger partial charge in [-0.1, -0.05) is 23.7 Å². The van der Waals surface area contributed by atoms with Crippen LogP contribution in [-0.4, -0.2) is 28.6 Å². The van der Waals surface area contributed by atoms with E-state index in [9.17, 15) is 25.0 Å². The first-order valence-electron chi connectivity index (χ1n) is 8.57. The number of nitrogens with zero attached hydrogens (tertiary/aromatic N) is 3. The Hall–Kier alpha value is -4.25. The summed E-state index contributed by atoms with van der Waals surface area (Å²) in [5.74, 6) is -0.291. The van der Waals surface area contributed by atoms with E-state index >= 15 is 0 Å². The number of hydrogen-bond donors (Lipinski definition) is 1.